The van der Waals surface area contributed by atoms with Crippen LogP contribution in [0.2, 0.25) is 0 Å². The molecule has 0 unspecified atom stereocenters. The maximum absolute atomic E-state index is 12.8. The lowest BCUT2D eigenvalue weighted by atomic mass is 9.90. The molecule has 27 heavy (non-hydrogen) atoms. The molecule has 4 rings (SSSR count). The van der Waals surface area contributed by atoms with Crippen molar-refractivity contribution in [1.82, 2.24) is 24.7 Å². The zero-order chi connectivity index (χ0) is 19.2. The van der Waals surface area contributed by atoms with Gasteiger partial charge >= 0.3 is 6.18 Å². The molecule has 1 aliphatic heterocycles. The van der Waals surface area contributed by atoms with Crippen LogP contribution in [-0.2, 0) is 12.7 Å². The number of rotatable bonds is 2. The molecule has 0 amide bonds. The van der Waals surface area contributed by atoms with Gasteiger partial charge in [0.1, 0.15) is 17.3 Å². The molecule has 3 aromatic rings. The van der Waals surface area contributed by atoms with Gasteiger partial charge in [-0.05, 0) is 37.5 Å². The van der Waals surface area contributed by atoms with E-state index in [0.717, 1.165) is 30.5 Å². The van der Waals surface area contributed by atoms with Gasteiger partial charge in [0.05, 0.1) is 5.56 Å². The Labute approximate surface area is 152 Å². The molecule has 1 aromatic carbocycles. The minimum atomic E-state index is -4.36. The molecule has 0 fully saturated rings. The van der Waals surface area contributed by atoms with Crippen molar-refractivity contribution in [3.8, 4) is 11.5 Å². The number of benzene rings is 1. The summed E-state index contributed by atoms with van der Waals surface area (Å²) in [5, 5.41) is 8.46. The lowest BCUT2D eigenvalue weighted by Gasteiger charge is -2.24. The van der Waals surface area contributed by atoms with Crippen LogP contribution in [0, 0.1) is 6.92 Å². The summed E-state index contributed by atoms with van der Waals surface area (Å²) >= 11 is 0. The van der Waals surface area contributed by atoms with Crippen LogP contribution >= 0.6 is 0 Å². The van der Waals surface area contributed by atoms with E-state index in [-0.39, 0.29) is 11.5 Å². The number of hydrogen-bond acceptors (Lipinski definition) is 4. The summed E-state index contributed by atoms with van der Waals surface area (Å²) in [6.07, 6.45) is -2.76. The van der Waals surface area contributed by atoms with Crippen LogP contribution in [0.4, 0.5) is 13.2 Å². The minimum absolute atomic E-state index is 0.148. The first-order valence-corrected chi connectivity index (χ1v) is 8.51. The first kappa shape index (κ1) is 17.4. The van der Waals surface area contributed by atoms with Gasteiger partial charge in [0.25, 0.3) is 5.56 Å². The fourth-order valence-corrected chi connectivity index (χ4v) is 3.48. The third-order valence-corrected chi connectivity index (χ3v) is 4.70. The van der Waals surface area contributed by atoms with Gasteiger partial charge in [0.2, 0.25) is 0 Å². The van der Waals surface area contributed by atoms with Crippen molar-refractivity contribution in [2.24, 2.45) is 0 Å². The van der Waals surface area contributed by atoms with Crippen LogP contribution in [-0.4, -0.2) is 24.7 Å². The molecule has 0 aliphatic carbocycles. The van der Waals surface area contributed by atoms with Crippen LogP contribution in [0.3, 0.4) is 0 Å². The number of fused-ring (bicyclic) bond motifs is 1. The van der Waals surface area contributed by atoms with Crippen molar-refractivity contribution in [3.05, 3.63) is 63.5 Å². The van der Waals surface area contributed by atoms with Crippen molar-refractivity contribution in [3.63, 3.8) is 0 Å². The average Bonchev–Trinajstić information content (AvgIpc) is 3.04. The zero-order valence-corrected chi connectivity index (χ0v) is 14.4. The first-order valence-electron chi connectivity index (χ1n) is 8.51. The molecule has 1 atom stereocenters. The summed E-state index contributed by atoms with van der Waals surface area (Å²) in [5.41, 5.74) is 0.248. The van der Waals surface area contributed by atoms with Gasteiger partial charge in [-0.2, -0.15) is 13.2 Å². The number of nitrogens with zero attached hydrogens (tertiary/aromatic N) is 4. The smallest absolute Gasteiger partial charge is 0.311 e. The topological polar surface area (TPSA) is 76.5 Å². The summed E-state index contributed by atoms with van der Waals surface area (Å²) in [4.78, 5) is 18.6. The summed E-state index contributed by atoms with van der Waals surface area (Å²) in [6, 6.07) is 6.53. The quantitative estimate of drug-likeness (QED) is 0.746. The molecule has 0 bridgehead atoms. The Kier molecular flexibility index (Phi) is 4.09. The SMILES string of the molecule is Cc1nc(-c2nnc3n2CCC[C@H]3c2ccc(C(F)(F)F)cc2)cc(=O)[nH]1. The molecule has 0 saturated heterocycles. The Morgan fingerprint density at radius 2 is 1.93 bits per heavy atom. The maximum Gasteiger partial charge on any atom is 0.416 e. The van der Waals surface area contributed by atoms with E-state index in [4.69, 9.17) is 0 Å². The molecular formula is C18H16F3N5O. The Balaban J connectivity index is 1.73. The van der Waals surface area contributed by atoms with E-state index < -0.39 is 11.7 Å². The summed E-state index contributed by atoms with van der Waals surface area (Å²) in [6.45, 7) is 2.35. The largest absolute Gasteiger partial charge is 0.416 e. The Morgan fingerprint density at radius 1 is 1.19 bits per heavy atom. The number of aromatic nitrogens is 5. The van der Waals surface area contributed by atoms with Crippen LogP contribution < -0.4 is 5.56 Å². The Bertz CT molecular complexity index is 1040. The summed E-state index contributed by atoms with van der Waals surface area (Å²) in [5.74, 6) is 1.50. The predicted molar refractivity (Wildman–Crippen MR) is 91.1 cm³/mol. The molecule has 2 aromatic heterocycles. The van der Waals surface area contributed by atoms with Gasteiger partial charge in [0.15, 0.2) is 5.82 Å². The van der Waals surface area contributed by atoms with Gasteiger partial charge in [-0.3, -0.25) is 4.79 Å². The Morgan fingerprint density at radius 3 is 2.59 bits per heavy atom. The van der Waals surface area contributed by atoms with E-state index in [1.165, 1.54) is 18.2 Å². The summed E-state index contributed by atoms with van der Waals surface area (Å²) in [7, 11) is 0. The van der Waals surface area contributed by atoms with Crippen molar-refractivity contribution in [1.29, 1.82) is 0 Å². The van der Waals surface area contributed by atoms with Crippen LogP contribution in [0.15, 0.2) is 35.1 Å². The van der Waals surface area contributed by atoms with Crippen molar-refractivity contribution in [2.45, 2.75) is 38.4 Å². The molecule has 140 valence electrons. The molecule has 1 aliphatic rings. The standard InChI is InChI=1S/C18H16F3N5O/c1-10-22-14(9-15(27)23-10)17-25-24-16-13(3-2-8-26(16)17)11-4-6-12(7-5-11)18(19,20)21/h4-7,9,13H,2-3,8H2,1H3,(H,22,23,27)/t13-/m0/s1. The fourth-order valence-electron chi connectivity index (χ4n) is 3.48. The van der Waals surface area contributed by atoms with E-state index in [0.29, 0.717) is 29.7 Å². The highest BCUT2D eigenvalue weighted by atomic mass is 19.4. The molecule has 1 N–H and O–H groups in total. The van der Waals surface area contributed by atoms with E-state index in [1.54, 1.807) is 6.92 Å². The normalized spacial score (nSPS) is 17.0. The number of aryl methyl sites for hydroxylation is 1. The van der Waals surface area contributed by atoms with Crippen LogP contribution in [0.1, 0.15) is 41.5 Å². The van der Waals surface area contributed by atoms with Gasteiger partial charge < -0.3 is 9.55 Å². The molecule has 0 spiro atoms. The highest BCUT2D eigenvalue weighted by Gasteiger charge is 2.32. The average molecular weight is 375 g/mol. The zero-order valence-electron chi connectivity index (χ0n) is 14.4. The number of hydrogen-bond donors (Lipinski definition) is 1. The van der Waals surface area contributed by atoms with E-state index in [9.17, 15) is 18.0 Å². The lowest BCUT2D eigenvalue weighted by molar-refractivity contribution is -0.137. The van der Waals surface area contributed by atoms with Crippen molar-refractivity contribution < 1.29 is 13.2 Å². The number of halogens is 3. The van der Waals surface area contributed by atoms with Gasteiger partial charge in [-0.15, -0.1) is 10.2 Å². The molecule has 3 heterocycles. The maximum atomic E-state index is 12.8. The van der Waals surface area contributed by atoms with Crippen LogP contribution in [0.25, 0.3) is 11.5 Å². The van der Waals surface area contributed by atoms with Gasteiger partial charge in [0, 0.05) is 18.5 Å². The Hall–Kier alpha value is -2.97. The fraction of sp³-hybridized carbons (Fsp3) is 0.333. The highest BCUT2D eigenvalue weighted by molar-refractivity contribution is 5.49. The monoisotopic (exact) mass is 375 g/mol. The van der Waals surface area contributed by atoms with Gasteiger partial charge in [-0.1, -0.05) is 12.1 Å². The van der Waals surface area contributed by atoms with Gasteiger partial charge in [-0.25, -0.2) is 4.98 Å². The highest BCUT2D eigenvalue weighted by Crippen LogP contribution is 2.36. The molecule has 0 radical (unpaired) electrons. The van der Waals surface area contributed by atoms with E-state index in [1.807, 2.05) is 4.57 Å². The molecular weight excluding hydrogens is 359 g/mol. The predicted octanol–water partition coefficient (Wildman–Crippen LogP) is 3.28. The van der Waals surface area contributed by atoms with Crippen LogP contribution in [0.5, 0.6) is 0 Å². The number of aromatic amines is 1. The third kappa shape index (κ3) is 3.24. The van der Waals surface area contributed by atoms with Crippen molar-refractivity contribution in [2.75, 3.05) is 0 Å². The summed E-state index contributed by atoms with van der Waals surface area (Å²) < 4.78 is 40.3. The number of nitrogens with one attached hydrogen (secondary N) is 1. The molecule has 6 nitrogen and oxygen atoms in total. The lowest BCUT2D eigenvalue weighted by Crippen LogP contribution is -2.19. The second-order valence-corrected chi connectivity index (χ2v) is 6.56. The minimum Gasteiger partial charge on any atom is -0.311 e. The third-order valence-electron chi connectivity index (χ3n) is 4.70. The van der Waals surface area contributed by atoms with Crippen molar-refractivity contribution >= 4 is 0 Å². The second-order valence-electron chi connectivity index (χ2n) is 6.56. The number of alkyl halides is 3. The number of H-pyrrole nitrogens is 1. The second kappa shape index (κ2) is 6.33. The van der Waals surface area contributed by atoms with E-state index >= 15 is 0 Å². The first-order chi connectivity index (χ1) is 12.8. The molecule has 9 heteroatoms. The molecule has 0 saturated carbocycles. The van der Waals surface area contributed by atoms with E-state index in [2.05, 4.69) is 20.2 Å².